The number of rotatable bonds is 7. The monoisotopic (exact) mass is 504 g/mol. The van der Waals surface area contributed by atoms with Gasteiger partial charge in [0.25, 0.3) is 0 Å². The number of methoxy groups -OCH3 is 1. The number of ether oxygens (including phenoxy) is 2. The number of carboxylic acid groups (broad SMARTS) is 1. The normalized spacial score (nSPS) is 23.3. The van der Waals surface area contributed by atoms with Crippen LogP contribution in [0.2, 0.25) is 0 Å². The highest BCUT2D eigenvalue weighted by atomic mass is 16.6. The molecule has 2 aromatic carbocycles. The van der Waals surface area contributed by atoms with Gasteiger partial charge in [0.15, 0.2) is 0 Å². The van der Waals surface area contributed by atoms with E-state index in [0.29, 0.717) is 24.2 Å². The molecule has 1 spiro atoms. The van der Waals surface area contributed by atoms with Gasteiger partial charge in [-0.05, 0) is 66.9 Å². The number of anilines is 1. The minimum Gasteiger partial charge on any atom is -0.497 e. The third-order valence-electron chi connectivity index (χ3n) is 8.03. The van der Waals surface area contributed by atoms with E-state index in [-0.39, 0.29) is 11.7 Å². The molecule has 194 valence electrons. The molecule has 3 fully saturated rings. The zero-order chi connectivity index (χ0) is 25.6. The average molecular weight is 505 g/mol. The van der Waals surface area contributed by atoms with Crippen LogP contribution in [0.1, 0.15) is 41.6 Å². The number of nitrogens with zero attached hydrogens (tertiary/aromatic N) is 4. The van der Waals surface area contributed by atoms with Gasteiger partial charge in [0.05, 0.1) is 24.9 Å². The second-order valence-electron chi connectivity index (χ2n) is 10.6. The Morgan fingerprint density at radius 1 is 1.11 bits per heavy atom. The fraction of sp³-hybridized carbons (Fsp3) is 0.464. The molecule has 37 heavy (non-hydrogen) atoms. The average Bonchev–Trinajstić information content (AvgIpc) is 3.61. The van der Waals surface area contributed by atoms with Crippen molar-refractivity contribution in [2.24, 2.45) is 11.0 Å². The lowest BCUT2D eigenvalue weighted by Crippen LogP contribution is -2.48. The van der Waals surface area contributed by atoms with E-state index in [0.717, 1.165) is 56.0 Å². The lowest BCUT2D eigenvalue weighted by Gasteiger charge is -2.38. The molecule has 0 radical (unpaired) electrons. The number of likely N-dealkylation sites (tertiary alicyclic amines) is 1. The molecule has 1 unspecified atom stereocenters. The second-order valence-corrected chi connectivity index (χ2v) is 10.6. The van der Waals surface area contributed by atoms with E-state index >= 15 is 0 Å². The van der Waals surface area contributed by atoms with Crippen LogP contribution in [0, 0.1) is 5.92 Å². The van der Waals surface area contributed by atoms with Gasteiger partial charge in [0.1, 0.15) is 11.4 Å². The highest BCUT2D eigenvalue weighted by Crippen LogP contribution is 2.37. The van der Waals surface area contributed by atoms with Gasteiger partial charge in [-0.25, -0.2) is 9.59 Å². The molecule has 2 aromatic rings. The Morgan fingerprint density at radius 2 is 1.81 bits per heavy atom. The first-order chi connectivity index (χ1) is 17.9. The summed E-state index contributed by atoms with van der Waals surface area (Å²) in [5.74, 6) is 0.192. The highest BCUT2D eigenvalue weighted by Gasteiger charge is 2.48. The molecule has 4 aliphatic rings. The van der Waals surface area contributed by atoms with Crippen LogP contribution in [-0.4, -0.2) is 84.3 Å². The van der Waals surface area contributed by atoms with Crippen LogP contribution in [0.5, 0.6) is 5.75 Å². The Hall–Kier alpha value is -3.59. The molecule has 0 bridgehead atoms. The summed E-state index contributed by atoms with van der Waals surface area (Å²) in [5.41, 5.74) is 2.67. The van der Waals surface area contributed by atoms with Gasteiger partial charge in [0.2, 0.25) is 0 Å². The Bertz CT molecular complexity index is 1200. The third kappa shape index (κ3) is 4.75. The maximum absolute atomic E-state index is 12.7. The summed E-state index contributed by atoms with van der Waals surface area (Å²) in [6, 6.07) is 15.2. The van der Waals surface area contributed by atoms with Crippen LogP contribution >= 0.6 is 0 Å². The highest BCUT2D eigenvalue weighted by molar-refractivity contribution is 6.03. The van der Waals surface area contributed by atoms with Gasteiger partial charge in [-0.15, -0.1) is 0 Å². The minimum absolute atomic E-state index is 0.198. The first-order valence-electron chi connectivity index (χ1n) is 13.0. The molecule has 1 aliphatic carbocycles. The second kappa shape index (κ2) is 9.37. The van der Waals surface area contributed by atoms with Crippen LogP contribution in [0.4, 0.5) is 10.5 Å². The standard InChI is InChI=1S/C28H32N4O5/c1-36-24-10-4-19(5-11-24)25-21(17-32(29-25)23-8-9-23)16-30-14-12-28(13-15-30)18-31(27(35)37-28)22-6-2-20(3-7-22)26(33)34/h2-7,10-11,21,23H,8-9,12-18H2,1H3,(H,33,34). The third-order valence-corrected chi connectivity index (χ3v) is 8.03. The summed E-state index contributed by atoms with van der Waals surface area (Å²) in [7, 11) is 1.68. The molecule has 3 heterocycles. The Labute approximate surface area is 216 Å². The van der Waals surface area contributed by atoms with Crippen LogP contribution in [0.3, 0.4) is 0 Å². The quantitative estimate of drug-likeness (QED) is 0.615. The van der Waals surface area contributed by atoms with Crippen molar-refractivity contribution >= 4 is 23.5 Å². The number of hydrazone groups is 1. The van der Waals surface area contributed by atoms with Gasteiger partial charge in [-0.2, -0.15) is 5.10 Å². The summed E-state index contributed by atoms with van der Waals surface area (Å²) in [5, 5.41) is 16.5. The summed E-state index contributed by atoms with van der Waals surface area (Å²) in [6.45, 7) is 4.08. The zero-order valence-electron chi connectivity index (χ0n) is 21.0. The summed E-state index contributed by atoms with van der Waals surface area (Å²) < 4.78 is 11.3. The molecule has 6 rings (SSSR count). The maximum Gasteiger partial charge on any atom is 0.415 e. The molecule has 9 heteroatoms. The number of carboxylic acids is 1. The van der Waals surface area contributed by atoms with Crippen molar-refractivity contribution in [1.29, 1.82) is 0 Å². The summed E-state index contributed by atoms with van der Waals surface area (Å²) in [6.07, 6.45) is 3.63. The molecule has 0 aromatic heterocycles. The number of carbonyl (C=O) groups is 2. The molecule has 2 saturated heterocycles. The fourth-order valence-corrected chi connectivity index (χ4v) is 5.70. The predicted molar refractivity (Wildman–Crippen MR) is 138 cm³/mol. The molecule has 9 nitrogen and oxygen atoms in total. The number of benzene rings is 2. The van der Waals surface area contributed by atoms with Gasteiger partial charge < -0.3 is 19.5 Å². The van der Waals surface area contributed by atoms with Gasteiger partial charge >= 0.3 is 12.1 Å². The number of aromatic carboxylic acids is 1. The van der Waals surface area contributed by atoms with Crippen molar-refractivity contribution in [2.75, 3.05) is 44.7 Å². The van der Waals surface area contributed by atoms with E-state index in [1.165, 1.54) is 25.0 Å². The summed E-state index contributed by atoms with van der Waals surface area (Å²) >= 11 is 0. The molecule has 1 saturated carbocycles. The Morgan fingerprint density at radius 3 is 2.43 bits per heavy atom. The molecule has 1 atom stereocenters. The van der Waals surface area contributed by atoms with Crippen molar-refractivity contribution in [1.82, 2.24) is 9.91 Å². The SMILES string of the molecule is COc1ccc(C2=NN(C3CC3)CC2CN2CCC3(CC2)CN(c2ccc(C(=O)O)cc2)C(=O)O3)cc1. The first kappa shape index (κ1) is 23.8. The number of amides is 1. The Balaban J connectivity index is 1.10. The lowest BCUT2D eigenvalue weighted by atomic mass is 9.89. The van der Waals surface area contributed by atoms with E-state index < -0.39 is 11.6 Å². The van der Waals surface area contributed by atoms with E-state index in [4.69, 9.17) is 19.7 Å². The topological polar surface area (TPSA) is 94.9 Å². The summed E-state index contributed by atoms with van der Waals surface area (Å²) in [4.78, 5) is 28.0. The van der Waals surface area contributed by atoms with Gasteiger partial charge in [-0.1, -0.05) is 0 Å². The van der Waals surface area contributed by atoms with Crippen molar-refractivity contribution in [3.8, 4) is 5.75 Å². The molecule has 3 aliphatic heterocycles. The van der Waals surface area contributed by atoms with E-state index in [2.05, 4.69) is 22.0 Å². The van der Waals surface area contributed by atoms with Crippen LogP contribution in [-0.2, 0) is 4.74 Å². The number of hydrogen-bond acceptors (Lipinski definition) is 7. The maximum atomic E-state index is 12.7. The fourth-order valence-electron chi connectivity index (χ4n) is 5.70. The molecule has 1 amide bonds. The van der Waals surface area contributed by atoms with Crippen molar-refractivity contribution < 1.29 is 24.2 Å². The van der Waals surface area contributed by atoms with E-state index in [1.54, 1.807) is 24.1 Å². The molecule has 1 N–H and O–H groups in total. The lowest BCUT2D eigenvalue weighted by molar-refractivity contribution is -0.000949. The predicted octanol–water partition coefficient (Wildman–Crippen LogP) is 3.68. The van der Waals surface area contributed by atoms with Crippen LogP contribution in [0.15, 0.2) is 53.6 Å². The zero-order valence-corrected chi connectivity index (χ0v) is 21.0. The van der Waals surface area contributed by atoms with Crippen molar-refractivity contribution in [3.05, 3.63) is 59.7 Å². The minimum atomic E-state index is -0.984. The van der Waals surface area contributed by atoms with E-state index in [1.807, 2.05) is 12.1 Å². The number of carbonyl (C=O) groups excluding carboxylic acids is 1. The van der Waals surface area contributed by atoms with E-state index in [9.17, 15) is 9.59 Å². The van der Waals surface area contributed by atoms with Crippen LogP contribution < -0.4 is 9.64 Å². The number of hydrogen-bond donors (Lipinski definition) is 1. The first-order valence-corrected chi connectivity index (χ1v) is 13.0. The molecular weight excluding hydrogens is 472 g/mol. The van der Waals surface area contributed by atoms with Crippen LogP contribution in [0.25, 0.3) is 0 Å². The smallest absolute Gasteiger partial charge is 0.415 e. The molecular formula is C28H32N4O5. The largest absolute Gasteiger partial charge is 0.497 e. The van der Waals surface area contributed by atoms with Gasteiger partial charge in [0, 0.05) is 56.7 Å². The van der Waals surface area contributed by atoms with Crippen molar-refractivity contribution in [2.45, 2.75) is 37.3 Å². The van der Waals surface area contributed by atoms with Crippen molar-refractivity contribution in [3.63, 3.8) is 0 Å². The number of piperidine rings is 1. The van der Waals surface area contributed by atoms with Gasteiger partial charge in [-0.3, -0.25) is 9.91 Å². The Kier molecular flexibility index (Phi) is 6.03.